The Balaban J connectivity index is 0.000000182. The van der Waals surface area contributed by atoms with Crippen molar-refractivity contribution in [1.29, 1.82) is 0 Å². The van der Waals surface area contributed by atoms with Crippen LogP contribution in [0.5, 0.6) is 0 Å². The van der Waals surface area contributed by atoms with E-state index in [4.69, 9.17) is 0 Å². The van der Waals surface area contributed by atoms with Crippen LogP contribution in [-0.4, -0.2) is 0 Å². The van der Waals surface area contributed by atoms with Crippen molar-refractivity contribution in [3.8, 4) is 0 Å². The molecule has 1 aliphatic carbocycles. The fraction of sp³-hybridized carbons (Fsp3) is 0.250. The molecule has 3 aromatic rings. The molecule has 3 aromatic carbocycles. The molecule has 0 fully saturated rings. The highest BCUT2D eigenvalue weighted by Crippen LogP contribution is 2.16. The van der Waals surface area contributed by atoms with Crippen LogP contribution in [0.2, 0.25) is 0 Å². The summed E-state index contributed by atoms with van der Waals surface area (Å²) in [6, 6.07) is 30.2. The third-order valence-corrected chi connectivity index (χ3v) is 5.79. The second-order valence-electron chi connectivity index (χ2n) is 8.67. The maximum absolute atomic E-state index is 2.28. The number of aryl methyl sites for hydroxylation is 4. The SMILES string of the molecule is CC1=CC=C(CCCc2ccccc2)C=CC1.Cc1ccc(CCc2ccccc2)cc1. The molecular weight excluding hydrogens is 384 g/mol. The van der Waals surface area contributed by atoms with E-state index in [1.165, 1.54) is 52.7 Å². The first kappa shape index (κ1) is 23.5. The molecule has 0 N–H and O–H groups in total. The Kier molecular flexibility index (Phi) is 9.80. The molecule has 0 atom stereocenters. The molecule has 0 radical (unpaired) electrons. The number of allylic oxidation sites excluding steroid dienone is 6. The zero-order valence-electron chi connectivity index (χ0n) is 19.6. The molecule has 0 saturated carbocycles. The van der Waals surface area contributed by atoms with Crippen molar-refractivity contribution in [3.63, 3.8) is 0 Å². The lowest BCUT2D eigenvalue weighted by Gasteiger charge is -2.02. The Morgan fingerprint density at radius 2 is 1.12 bits per heavy atom. The second-order valence-corrected chi connectivity index (χ2v) is 8.67. The van der Waals surface area contributed by atoms with E-state index in [1.54, 1.807) is 0 Å². The first-order chi connectivity index (χ1) is 15.7. The van der Waals surface area contributed by atoms with Gasteiger partial charge in [0.2, 0.25) is 0 Å². The van der Waals surface area contributed by atoms with Gasteiger partial charge in [0, 0.05) is 0 Å². The van der Waals surface area contributed by atoms with Crippen molar-refractivity contribution in [2.24, 2.45) is 0 Å². The predicted octanol–water partition coefficient (Wildman–Crippen LogP) is 8.62. The molecule has 0 bridgehead atoms. The van der Waals surface area contributed by atoms with Crippen LogP contribution in [0.25, 0.3) is 0 Å². The Labute approximate surface area is 195 Å². The van der Waals surface area contributed by atoms with Crippen LogP contribution in [0.3, 0.4) is 0 Å². The molecule has 0 nitrogen and oxygen atoms in total. The zero-order valence-corrected chi connectivity index (χ0v) is 19.6. The summed E-state index contributed by atoms with van der Waals surface area (Å²) in [5.74, 6) is 0. The van der Waals surface area contributed by atoms with Gasteiger partial charge in [0.1, 0.15) is 0 Å². The lowest BCUT2D eigenvalue weighted by molar-refractivity contribution is 0.824. The van der Waals surface area contributed by atoms with Gasteiger partial charge in [0.25, 0.3) is 0 Å². The minimum absolute atomic E-state index is 1.10. The van der Waals surface area contributed by atoms with E-state index < -0.39 is 0 Å². The number of hydrogen-bond donors (Lipinski definition) is 0. The second kappa shape index (κ2) is 13.3. The average Bonchev–Trinajstić information content (AvgIpc) is 3.04. The Morgan fingerprint density at radius 3 is 1.75 bits per heavy atom. The van der Waals surface area contributed by atoms with E-state index in [-0.39, 0.29) is 0 Å². The maximum atomic E-state index is 2.28. The van der Waals surface area contributed by atoms with E-state index >= 15 is 0 Å². The summed E-state index contributed by atoms with van der Waals surface area (Å²) in [6.45, 7) is 4.31. The van der Waals surface area contributed by atoms with Gasteiger partial charge in [-0.15, -0.1) is 0 Å². The van der Waals surface area contributed by atoms with Crippen molar-refractivity contribution in [3.05, 3.63) is 143 Å². The lowest BCUT2D eigenvalue weighted by atomic mass is 10.0. The number of hydrogen-bond acceptors (Lipinski definition) is 0. The average molecular weight is 421 g/mol. The van der Waals surface area contributed by atoms with Crippen LogP contribution in [0, 0.1) is 6.92 Å². The monoisotopic (exact) mass is 420 g/mol. The van der Waals surface area contributed by atoms with Crippen molar-refractivity contribution < 1.29 is 0 Å². The summed E-state index contributed by atoms with van der Waals surface area (Å²) < 4.78 is 0. The predicted molar refractivity (Wildman–Crippen MR) is 140 cm³/mol. The van der Waals surface area contributed by atoms with Gasteiger partial charge in [0.15, 0.2) is 0 Å². The van der Waals surface area contributed by atoms with E-state index in [0.29, 0.717) is 0 Å². The zero-order chi connectivity index (χ0) is 22.4. The fourth-order valence-electron chi connectivity index (χ4n) is 3.77. The molecule has 4 rings (SSSR count). The number of benzene rings is 3. The molecule has 0 aliphatic heterocycles. The molecule has 32 heavy (non-hydrogen) atoms. The van der Waals surface area contributed by atoms with Crippen LogP contribution < -0.4 is 0 Å². The van der Waals surface area contributed by atoms with Gasteiger partial charge in [0.05, 0.1) is 0 Å². The van der Waals surface area contributed by atoms with Gasteiger partial charge in [-0.3, -0.25) is 0 Å². The first-order valence-corrected chi connectivity index (χ1v) is 11.9. The van der Waals surface area contributed by atoms with Gasteiger partial charge in [-0.2, -0.15) is 0 Å². The normalized spacial score (nSPS) is 12.8. The first-order valence-electron chi connectivity index (χ1n) is 11.9. The van der Waals surface area contributed by atoms with Gasteiger partial charge >= 0.3 is 0 Å². The van der Waals surface area contributed by atoms with Crippen LogP contribution >= 0.6 is 0 Å². The quantitative estimate of drug-likeness (QED) is 0.359. The van der Waals surface area contributed by atoms with Gasteiger partial charge in [-0.25, -0.2) is 0 Å². The third kappa shape index (κ3) is 8.94. The summed E-state index contributed by atoms with van der Waals surface area (Å²) in [5, 5.41) is 0. The molecule has 0 heteroatoms. The molecule has 0 saturated heterocycles. The third-order valence-electron chi connectivity index (χ3n) is 5.79. The minimum Gasteiger partial charge on any atom is -0.0802 e. The van der Waals surface area contributed by atoms with Crippen molar-refractivity contribution >= 4 is 0 Å². The smallest absolute Gasteiger partial charge is 0.0135 e. The van der Waals surface area contributed by atoms with Crippen LogP contribution in [-0.2, 0) is 19.3 Å². The molecular formula is C32H36. The Hall–Kier alpha value is -3.12. The fourth-order valence-corrected chi connectivity index (χ4v) is 3.77. The molecule has 0 amide bonds. The standard InChI is InChI=1S/C17H20.C15H16/c1-15-7-5-10-17(14-13-15)12-6-11-16-8-3-2-4-9-16;1-13-7-9-15(10-8-13)12-11-14-5-3-2-4-6-14/h2-5,8-10,13-14H,6-7,11-12H2,1H3;2-10H,11-12H2,1H3. The van der Waals surface area contributed by atoms with Crippen molar-refractivity contribution in [2.45, 2.75) is 52.4 Å². The summed E-state index contributed by atoms with van der Waals surface area (Å²) in [5.41, 5.74) is 8.51. The van der Waals surface area contributed by atoms with Crippen molar-refractivity contribution in [1.82, 2.24) is 0 Å². The topological polar surface area (TPSA) is 0 Å². The summed E-state index contributed by atoms with van der Waals surface area (Å²) in [6.07, 6.45) is 16.0. The highest BCUT2D eigenvalue weighted by molar-refractivity contribution is 5.30. The molecule has 0 unspecified atom stereocenters. The minimum atomic E-state index is 1.10. The largest absolute Gasteiger partial charge is 0.0802 e. The van der Waals surface area contributed by atoms with Crippen LogP contribution in [0.15, 0.2) is 120 Å². The van der Waals surface area contributed by atoms with Crippen molar-refractivity contribution in [2.75, 3.05) is 0 Å². The van der Waals surface area contributed by atoms with Gasteiger partial charge in [-0.05, 0) is 74.6 Å². The summed E-state index contributed by atoms with van der Waals surface area (Å²) >= 11 is 0. The lowest BCUT2D eigenvalue weighted by Crippen LogP contribution is -1.90. The summed E-state index contributed by atoms with van der Waals surface area (Å²) in [7, 11) is 0. The van der Waals surface area contributed by atoms with E-state index in [0.717, 1.165) is 19.3 Å². The maximum Gasteiger partial charge on any atom is -0.0135 e. The number of rotatable bonds is 7. The van der Waals surface area contributed by atoms with Crippen LogP contribution in [0.4, 0.5) is 0 Å². The highest BCUT2D eigenvalue weighted by atomic mass is 14.0. The van der Waals surface area contributed by atoms with Gasteiger partial charge in [-0.1, -0.05) is 120 Å². The Morgan fingerprint density at radius 1 is 0.562 bits per heavy atom. The van der Waals surface area contributed by atoms with E-state index in [9.17, 15) is 0 Å². The molecule has 0 spiro atoms. The molecule has 1 aliphatic rings. The molecule has 164 valence electrons. The van der Waals surface area contributed by atoms with Gasteiger partial charge < -0.3 is 0 Å². The highest BCUT2D eigenvalue weighted by Gasteiger charge is 1.98. The van der Waals surface area contributed by atoms with E-state index in [1.807, 2.05) is 0 Å². The molecule has 0 heterocycles. The summed E-state index contributed by atoms with van der Waals surface area (Å²) in [4.78, 5) is 0. The van der Waals surface area contributed by atoms with E-state index in [2.05, 4.69) is 123 Å². The molecule has 0 aromatic heterocycles. The Bertz CT molecular complexity index is 1000. The van der Waals surface area contributed by atoms with Crippen LogP contribution in [0.1, 0.15) is 48.4 Å².